The molecule has 4 saturated carbocycles. The molecule has 7 heteroatoms. The summed E-state index contributed by atoms with van der Waals surface area (Å²) in [5, 5.41) is 5.91. The third kappa shape index (κ3) is 2.70. The van der Waals surface area contributed by atoms with Crippen molar-refractivity contribution in [1.29, 1.82) is 0 Å². The van der Waals surface area contributed by atoms with Gasteiger partial charge < -0.3 is 9.26 Å². The number of carbonyl (C=O) groups excluding carboxylic acids is 1. The number of aromatic nitrogens is 2. The Balaban J connectivity index is 1.28. The molecular formula is C18H19ClN2O3S. The largest absolute Gasteiger partial charge is 0.455 e. The van der Waals surface area contributed by atoms with Crippen LogP contribution in [0.4, 0.5) is 0 Å². The quantitative estimate of drug-likeness (QED) is 0.582. The average Bonchev–Trinajstić information content (AvgIpc) is 3.21. The number of halogens is 1. The highest BCUT2D eigenvalue weighted by Crippen LogP contribution is 2.64. The summed E-state index contributed by atoms with van der Waals surface area (Å²) in [6.45, 7) is 0.0313. The lowest BCUT2D eigenvalue weighted by Crippen LogP contribution is -2.56. The lowest BCUT2D eigenvalue weighted by atomic mass is 9.49. The molecule has 0 aliphatic heterocycles. The summed E-state index contributed by atoms with van der Waals surface area (Å²) in [5.41, 5.74) is -0.400. The van der Waals surface area contributed by atoms with Gasteiger partial charge in [0.25, 0.3) is 5.89 Å². The number of thiophene rings is 1. The number of nitrogens with zero attached hydrogens (tertiary/aromatic N) is 2. The number of esters is 1. The van der Waals surface area contributed by atoms with E-state index in [2.05, 4.69) is 10.1 Å². The molecule has 0 saturated heterocycles. The van der Waals surface area contributed by atoms with E-state index in [4.69, 9.17) is 20.9 Å². The van der Waals surface area contributed by atoms with E-state index in [1.165, 1.54) is 6.42 Å². The molecule has 132 valence electrons. The molecule has 2 aromatic rings. The van der Waals surface area contributed by atoms with Crippen LogP contribution in [-0.2, 0) is 16.1 Å². The summed E-state index contributed by atoms with van der Waals surface area (Å²) >= 11 is 8.34. The van der Waals surface area contributed by atoms with Crippen LogP contribution in [0.25, 0.3) is 10.7 Å². The van der Waals surface area contributed by atoms with Crippen molar-refractivity contribution in [3.63, 3.8) is 0 Å². The van der Waals surface area contributed by atoms with Crippen molar-refractivity contribution >= 4 is 28.9 Å². The molecule has 6 rings (SSSR count). The smallest absolute Gasteiger partial charge is 0.312 e. The molecule has 0 spiro atoms. The summed E-state index contributed by atoms with van der Waals surface area (Å²) in [6, 6.07) is 3.87. The molecular weight excluding hydrogens is 360 g/mol. The number of hydrogen-bond acceptors (Lipinski definition) is 6. The van der Waals surface area contributed by atoms with Crippen molar-refractivity contribution < 1.29 is 14.1 Å². The number of carbonyl (C=O) groups is 1. The maximum atomic E-state index is 12.9. The van der Waals surface area contributed by atoms with Gasteiger partial charge in [0.15, 0.2) is 6.61 Å². The number of rotatable bonds is 4. The zero-order chi connectivity index (χ0) is 17.1. The van der Waals surface area contributed by atoms with E-state index in [-0.39, 0.29) is 17.5 Å². The Morgan fingerprint density at radius 1 is 1.36 bits per heavy atom. The van der Waals surface area contributed by atoms with E-state index in [1.807, 2.05) is 17.5 Å². The molecule has 2 aromatic heterocycles. The van der Waals surface area contributed by atoms with E-state index in [1.54, 1.807) is 11.3 Å². The first-order chi connectivity index (χ1) is 12.0. The Bertz CT molecular complexity index is 789. The first-order valence-corrected chi connectivity index (χ1v) is 10.0. The Morgan fingerprint density at radius 3 is 2.84 bits per heavy atom. The molecule has 4 aliphatic rings. The molecule has 4 aliphatic carbocycles. The van der Waals surface area contributed by atoms with E-state index < -0.39 is 5.41 Å². The van der Waals surface area contributed by atoms with Crippen molar-refractivity contribution in [3.8, 4) is 10.7 Å². The normalized spacial score (nSPS) is 35.9. The van der Waals surface area contributed by atoms with Crippen LogP contribution in [0.15, 0.2) is 22.0 Å². The highest BCUT2D eigenvalue weighted by Gasteiger charge is 2.60. The molecule has 2 unspecified atom stereocenters. The third-order valence-electron chi connectivity index (χ3n) is 5.96. The van der Waals surface area contributed by atoms with E-state index >= 15 is 0 Å². The summed E-state index contributed by atoms with van der Waals surface area (Å²) in [7, 11) is 0. The molecule has 2 heterocycles. The molecule has 4 fully saturated rings. The fourth-order valence-corrected chi connectivity index (χ4v) is 6.83. The molecule has 2 atom stereocenters. The zero-order valence-corrected chi connectivity index (χ0v) is 15.3. The summed E-state index contributed by atoms with van der Waals surface area (Å²) in [4.78, 5) is 17.9. The Labute approximate surface area is 154 Å². The Morgan fingerprint density at radius 2 is 2.16 bits per heavy atom. The van der Waals surface area contributed by atoms with Gasteiger partial charge in [-0.3, -0.25) is 4.79 Å². The SMILES string of the molecule is O=C(OCc1nc(-c2cccs2)no1)C12CC3CC(CC(Cl)(C3)C1)C2. The summed E-state index contributed by atoms with van der Waals surface area (Å²) in [6.07, 6.45) is 5.90. The lowest BCUT2D eigenvalue weighted by molar-refractivity contribution is -0.172. The summed E-state index contributed by atoms with van der Waals surface area (Å²) in [5.74, 6) is 1.88. The highest BCUT2D eigenvalue weighted by molar-refractivity contribution is 7.13. The number of alkyl halides is 1. The van der Waals surface area contributed by atoms with E-state index in [0.29, 0.717) is 23.6 Å². The van der Waals surface area contributed by atoms with Crippen LogP contribution in [0.2, 0.25) is 0 Å². The van der Waals surface area contributed by atoms with Gasteiger partial charge in [-0.05, 0) is 61.8 Å². The van der Waals surface area contributed by atoms with Gasteiger partial charge in [0, 0.05) is 4.87 Å². The minimum Gasteiger partial charge on any atom is -0.455 e. The van der Waals surface area contributed by atoms with Crippen LogP contribution in [0.5, 0.6) is 0 Å². The molecule has 0 N–H and O–H groups in total. The van der Waals surface area contributed by atoms with Crippen LogP contribution >= 0.6 is 22.9 Å². The van der Waals surface area contributed by atoms with Crippen molar-refractivity contribution in [3.05, 3.63) is 23.4 Å². The van der Waals surface area contributed by atoms with Crippen LogP contribution in [0, 0.1) is 17.3 Å². The van der Waals surface area contributed by atoms with Crippen molar-refractivity contribution in [2.45, 2.75) is 50.0 Å². The average molecular weight is 379 g/mol. The van der Waals surface area contributed by atoms with Gasteiger partial charge in [0.1, 0.15) is 0 Å². The van der Waals surface area contributed by atoms with Gasteiger partial charge in [-0.2, -0.15) is 4.98 Å². The lowest BCUT2D eigenvalue weighted by Gasteiger charge is -2.58. The molecule has 4 bridgehead atoms. The van der Waals surface area contributed by atoms with Crippen LogP contribution < -0.4 is 0 Å². The molecule has 0 radical (unpaired) electrons. The van der Waals surface area contributed by atoms with Gasteiger partial charge in [-0.1, -0.05) is 11.2 Å². The van der Waals surface area contributed by atoms with Gasteiger partial charge >= 0.3 is 5.97 Å². The number of hydrogen-bond donors (Lipinski definition) is 0. The standard InChI is InChI=1S/C18H19ClN2O3S/c19-18-7-11-4-12(8-18)6-17(5-11,10-18)16(22)23-9-14-20-15(21-24-14)13-2-1-3-25-13/h1-3,11-12H,4-10H2. The molecule has 5 nitrogen and oxygen atoms in total. The fraction of sp³-hybridized carbons (Fsp3) is 0.611. The first-order valence-electron chi connectivity index (χ1n) is 8.76. The minimum absolute atomic E-state index is 0.0313. The van der Waals surface area contributed by atoms with Crippen LogP contribution in [0.1, 0.15) is 44.4 Å². The minimum atomic E-state index is -0.400. The number of ether oxygens (including phenoxy) is 1. The van der Waals surface area contributed by atoms with Crippen molar-refractivity contribution in [2.24, 2.45) is 17.3 Å². The molecule has 0 amide bonds. The maximum absolute atomic E-state index is 12.9. The second kappa shape index (κ2) is 5.55. The van der Waals surface area contributed by atoms with Crippen molar-refractivity contribution in [1.82, 2.24) is 10.1 Å². The summed E-state index contributed by atoms with van der Waals surface area (Å²) < 4.78 is 10.8. The maximum Gasteiger partial charge on any atom is 0.312 e. The molecule has 25 heavy (non-hydrogen) atoms. The van der Waals surface area contributed by atoms with Gasteiger partial charge in [-0.25, -0.2) is 0 Å². The topological polar surface area (TPSA) is 65.2 Å². The Kier molecular flexibility index (Phi) is 3.51. The van der Waals surface area contributed by atoms with Gasteiger partial charge in [0.2, 0.25) is 5.82 Å². The van der Waals surface area contributed by atoms with Gasteiger partial charge in [-0.15, -0.1) is 22.9 Å². The van der Waals surface area contributed by atoms with E-state index in [9.17, 15) is 4.79 Å². The predicted molar refractivity (Wildman–Crippen MR) is 93.1 cm³/mol. The van der Waals surface area contributed by atoms with Gasteiger partial charge in [0.05, 0.1) is 10.3 Å². The van der Waals surface area contributed by atoms with Crippen LogP contribution in [0.3, 0.4) is 0 Å². The highest BCUT2D eigenvalue weighted by atomic mass is 35.5. The zero-order valence-electron chi connectivity index (χ0n) is 13.7. The van der Waals surface area contributed by atoms with Crippen LogP contribution in [-0.4, -0.2) is 21.0 Å². The van der Waals surface area contributed by atoms with E-state index in [0.717, 1.165) is 37.0 Å². The predicted octanol–water partition coefficient (Wildman–Crippen LogP) is 4.42. The van der Waals surface area contributed by atoms with Crippen molar-refractivity contribution in [2.75, 3.05) is 0 Å². The second-order valence-corrected chi connectivity index (χ2v) is 9.71. The fourth-order valence-electron chi connectivity index (χ4n) is 5.49. The second-order valence-electron chi connectivity index (χ2n) is 7.96. The monoisotopic (exact) mass is 378 g/mol. The first kappa shape index (κ1) is 15.8. The third-order valence-corrected chi connectivity index (χ3v) is 7.27. The molecule has 0 aromatic carbocycles. The Hall–Kier alpha value is -1.40.